The molecule has 9 nitrogen and oxygen atoms in total. The molecule has 0 fully saturated rings. The molecule has 11 heteroatoms. The first-order valence-corrected chi connectivity index (χ1v) is 10.7. The van der Waals surface area contributed by atoms with Gasteiger partial charge >= 0.3 is 6.80 Å². The molecule has 0 rings (SSSR count). The molecule has 3 amide bonds. The molecule has 0 radical (unpaired) electrons. The fourth-order valence-corrected chi connectivity index (χ4v) is 4.43. The molecule has 0 heterocycles. The standard InChI is InChI=1S/C15H24N3O6PS/c1-7-16-13(19)10(4)23-25(22,24-11(5)14(20)17-8-2)26-12(6)15(21)18-9-3/h4-9H2,1-3H3,(H,16,19)(H,17,20)(H,18,21). The monoisotopic (exact) mass is 405 g/mol. The van der Waals surface area contributed by atoms with Crippen LogP contribution in [0.4, 0.5) is 0 Å². The fourth-order valence-electron chi connectivity index (χ4n) is 1.36. The van der Waals surface area contributed by atoms with Crippen molar-refractivity contribution in [1.29, 1.82) is 0 Å². The molecule has 0 aromatic rings. The third-order valence-corrected chi connectivity index (χ3v) is 5.73. The highest BCUT2D eigenvalue weighted by molar-refractivity contribution is 8.57. The Labute approximate surface area is 156 Å². The average Bonchev–Trinajstić information content (AvgIpc) is 2.54. The van der Waals surface area contributed by atoms with E-state index >= 15 is 0 Å². The number of hydrogen-bond acceptors (Lipinski definition) is 7. The van der Waals surface area contributed by atoms with E-state index in [2.05, 4.69) is 35.7 Å². The molecule has 3 N–H and O–H groups in total. The molecule has 0 saturated heterocycles. The molecule has 26 heavy (non-hydrogen) atoms. The Morgan fingerprint density at radius 1 is 0.808 bits per heavy atom. The van der Waals surface area contributed by atoms with Crippen LogP contribution in [0.15, 0.2) is 36.2 Å². The van der Waals surface area contributed by atoms with Crippen molar-refractivity contribution in [2.45, 2.75) is 20.8 Å². The molecule has 0 saturated carbocycles. The zero-order valence-corrected chi connectivity index (χ0v) is 16.8. The molecule has 0 aromatic heterocycles. The molecule has 0 aromatic carbocycles. The van der Waals surface area contributed by atoms with Crippen molar-refractivity contribution in [1.82, 2.24) is 16.0 Å². The summed E-state index contributed by atoms with van der Waals surface area (Å²) in [4.78, 5) is 35.1. The van der Waals surface area contributed by atoms with Crippen LogP contribution in [0.5, 0.6) is 0 Å². The summed E-state index contributed by atoms with van der Waals surface area (Å²) in [7, 11) is 0. The minimum Gasteiger partial charge on any atom is -0.403 e. The van der Waals surface area contributed by atoms with Gasteiger partial charge in [0.25, 0.3) is 17.7 Å². The van der Waals surface area contributed by atoms with Crippen LogP contribution in [-0.2, 0) is 28.0 Å². The van der Waals surface area contributed by atoms with Gasteiger partial charge in [0.2, 0.25) is 0 Å². The lowest BCUT2D eigenvalue weighted by atomic mass is 10.5. The van der Waals surface area contributed by atoms with E-state index in [-0.39, 0.29) is 18.0 Å². The van der Waals surface area contributed by atoms with Crippen LogP contribution < -0.4 is 16.0 Å². The first-order chi connectivity index (χ1) is 12.1. The highest BCUT2D eigenvalue weighted by atomic mass is 32.7. The van der Waals surface area contributed by atoms with Gasteiger partial charge in [-0.15, -0.1) is 0 Å². The van der Waals surface area contributed by atoms with Crippen LogP contribution in [-0.4, -0.2) is 37.4 Å². The van der Waals surface area contributed by atoms with E-state index in [9.17, 15) is 18.9 Å². The predicted molar refractivity (Wildman–Crippen MR) is 101 cm³/mol. The quantitative estimate of drug-likeness (QED) is 0.257. The van der Waals surface area contributed by atoms with Crippen LogP contribution in [0.3, 0.4) is 0 Å². The number of carbonyl (C=O) groups is 3. The highest BCUT2D eigenvalue weighted by Gasteiger charge is 2.36. The molecule has 146 valence electrons. The Morgan fingerprint density at radius 2 is 1.15 bits per heavy atom. The SMILES string of the molecule is C=C(OP(=O)(OC(=C)C(=O)NCC)SC(=C)C(=O)NCC)C(=O)NCC. The van der Waals surface area contributed by atoms with Crippen molar-refractivity contribution < 1.29 is 28.0 Å². The summed E-state index contributed by atoms with van der Waals surface area (Å²) >= 11 is 0.346. The first-order valence-electron chi connectivity index (χ1n) is 7.70. The van der Waals surface area contributed by atoms with Gasteiger partial charge in [-0.25, -0.2) is 4.57 Å². The van der Waals surface area contributed by atoms with E-state index in [4.69, 9.17) is 9.05 Å². The van der Waals surface area contributed by atoms with E-state index in [1.807, 2.05) is 0 Å². The lowest BCUT2D eigenvalue weighted by Gasteiger charge is -2.20. The van der Waals surface area contributed by atoms with Crippen molar-refractivity contribution in [3.63, 3.8) is 0 Å². The van der Waals surface area contributed by atoms with Gasteiger partial charge in [0.15, 0.2) is 11.5 Å². The summed E-state index contributed by atoms with van der Waals surface area (Å²) in [6.45, 7) is 11.9. The number of rotatable bonds is 12. The van der Waals surface area contributed by atoms with E-state index in [1.54, 1.807) is 20.8 Å². The molecule has 0 aliphatic heterocycles. The summed E-state index contributed by atoms with van der Waals surface area (Å²) in [5.41, 5.74) is 0. The number of amides is 3. The van der Waals surface area contributed by atoms with Gasteiger partial charge in [-0.05, 0) is 20.8 Å². The van der Waals surface area contributed by atoms with E-state index in [1.165, 1.54) is 0 Å². The maximum Gasteiger partial charge on any atom is 0.498 e. The largest absolute Gasteiger partial charge is 0.498 e. The molecular weight excluding hydrogens is 381 g/mol. The smallest absolute Gasteiger partial charge is 0.403 e. The van der Waals surface area contributed by atoms with Crippen molar-refractivity contribution in [2.75, 3.05) is 19.6 Å². The van der Waals surface area contributed by atoms with E-state index in [0.29, 0.717) is 17.9 Å². The molecule has 0 bridgehead atoms. The predicted octanol–water partition coefficient (Wildman–Crippen LogP) is 1.81. The zero-order chi connectivity index (χ0) is 20.3. The number of nitrogens with one attached hydrogen (secondary N) is 3. The minimum absolute atomic E-state index is 0.192. The summed E-state index contributed by atoms with van der Waals surface area (Å²) < 4.78 is 23.1. The normalized spacial score (nSPS) is 10.3. The van der Waals surface area contributed by atoms with E-state index < -0.39 is 36.0 Å². The Kier molecular flexibility index (Phi) is 10.5. The number of likely N-dealkylation sites (N-methyl/N-ethyl adjacent to an activating group) is 3. The zero-order valence-electron chi connectivity index (χ0n) is 15.0. The second kappa shape index (κ2) is 11.4. The van der Waals surface area contributed by atoms with Crippen LogP contribution >= 0.6 is 18.2 Å². The van der Waals surface area contributed by atoms with Crippen LogP contribution in [0.25, 0.3) is 0 Å². The summed E-state index contributed by atoms with van der Waals surface area (Å²) in [5, 5.41) is 7.28. The van der Waals surface area contributed by atoms with Gasteiger partial charge in [0, 0.05) is 31.0 Å². The average molecular weight is 405 g/mol. The van der Waals surface area contributed by atoms with Crippen LogP contribution in [0.1, 0.15) is 20.8 Å². The number of carbonyl (C=O) groups excluding carboxylic acids is 3. The summed E-state index contributed by atoms with van der Waals surface area (Å²) in [5.74, 6) is -3.05. The topological polar surface area (TPSA) is 123 Å². The summed E-state index contributed by atoms with van der Waals surface area (Å²) in [6.07, 6.45) is 0. The highest BCUT2D eigenvalue weighted by Crippen LogP contribution is 2.65. The molecule has 0 spiro atoms. The maximum absolute atomic E-state index is 13.0. The van der Waals surface area contributed by atoms with Gasteiger partial charge in [0.1, 0.15) is 0 Å². The Bertz CT molecular complexity index is 564. The van der Waals surface area contributed by atoms with Gasteiger partial charge in [-0.3, -0.25) is 14.4 Å². The molecule has 0 aliphatic rings. The first kappa shape index (κ1) is 23.8. The second-order valence-corrected chi connectivity index (χ2v) is 8.39. The molecule has 0 aliphatic carbocycles. The fraction of sp³-hybridized carbons (Fsp3) is 0.400. The third kappa shape index (κ3) is 8.26. The van der Waals surface area contributed by atoms with Crippen molar-refractivity contribution in [3.8, 4) is 0 Å². The Balaban J connectivity index is 5.40. The van der Waals surface area contributed by atoms with Gasteiger partial charge in [-0.2, -0.15) is 0 Å². The van der Waals surface area contributed by atoms with Crippen LogP contribution in [0, 0.1) is 0 Å². The number of hydrogen-bond donors (Lipinski definition) is 3. The maximum atomic E-state index is 13.0. The molecule has 0 atom stereocenters. The lowest BCUT2D eigenvalue weighted by Crippen LogP contribution is -2.26. The van der Waals surface area contributed by atoms with Crippen molar-refractivity contribution >= 4 is 35.9 Å². The van der Waals surface area contributed by atoms with Gasteiger partial charge in [0.05, 0.1) is 4.91 Å². The summed E-state index contributed by atoms with van der Waals surface area (Å²) in [6, 6.07) is 0. The second-order valence-electron chi connectivity index (χ2n) is 4.57. The van der Waals surface area contributed by atoms with E-state index in [0.717, 1.165) is 0 Å². The van der Waals surface area contributed by atoms with Crippen molar-refractivity contribution in [2.24, 2.45) is 0 Å². The lowest BCUT2D eigenvalue weighted by molar-refractivity contribution is -0.119. The minimum atomic E-state index is -4.28. The third-order valence-electron chi connectivity index (χ3n) is 2.44. The van der Waals surface area contributed by atoms with Gasteiger partial charge in [-0.1, -0.05) is 19.7 Å². The van der Waals surface area contributed by atoms with Crippen LogP contribution in [0.2, 0.25) is 0 Å². The van der Waals surface area contributed by atoms with Gasteiger partial charge < -0.3 is 25.0 Å². The Hall–Kier alpha value is -2.19. The van der Waals surface area contributed by atoms with Crippen molar-refractivity contribution in [3.05, 3.63) is 36.2 Å². The molecular formula is C15H24N3O6PS. The Morgan fingerprint density at radius 3 is 1.50 bits per heavy atom. The molecule has 0 unspecified atom stereocenters.